The lowest BCUT2D eigenvalue weighted by Crippen LogP contribution is -2.62. The van der Waals surface area contributed by atoms with Gasteiger partial charge in [-0.1, -0.05) is 13.8 Å². The summed E-state index contributed by atoms with van der Waals surface area (Å²) in [5.74, 6) is -0.674. The van der Waals surface area contributed by atoms with Crippen molar-refractivity contribution in [2.45, 2.75) is 63.8 Å². The molecule has 1 N–H and O–H groups in total. The Morgan fingerprint density at radius 2 is 1.95 bits per heavy atom. The van der Waals surface area contributed by atoms with Crippen LogP contribution < -0.4 is 0 Å². The van der Waals surface area contributed by atoms with Crippen LogP contribution in [0.5, 0.6) is 0 Å². The minimum atomic E-state index is -1.33. The molecule has 2 saturated heterocycles. The zero-order chi connectivity index (χ0) is 14.7. The molecular formula is C15H22O5. The van der Waals surface area contributed by atoms with E-state index in [1.807, 2.05) is 13.8 Å². The molecule has 0 radical (unpaired) electrons. The van der Waals surface area contributed by atoms with Crippen molar-refractivity contribution >= 4 is 11.9 Å². The third-order valence-corrected chi connectivity index (χ3v) is 5.78. The summed E-state index contributed by atoms with van der Waals surface area (Å²) in [7, 11) is 0. The molecule has 6 atom stereocenters. The van der Waals surface area contributed by atoms with E-state index in [0.29, 0.717) is 12.8 Å². The first-order chi connectivity index (χ1) is 9.29. The summed E-state index contributed by atoms with van der Waals surface area (Å²) >= 11 is 0. The van der Waals surface area contributed by atoms with Crippen molar-refractivity contribution in [1.29, 1.82) is 0 Å². The van der Waals surface area contributed by atoms with Crippen molar-refractivity contribution in [2.24, 2.45) is 17.8 Å². The maximum Gasteiger partial charge on any atom is 0.309 e. The van der Waals surface area contributed by atoms with Crippen LogP contribution in [0.15, 0.2) is 0 Å². The Hall–Kier alpha value is -1.10. The van der Waals surface area contributed by atoms with Crippen molar-refractivity contribution in [2.75, 3.05) is 0 Å². The smallest absolute Gasteiger partial charge is 0.309 e. The number of rotatable bonds is 0. The SMILES string of the molecule is C[C@H]1C(=O)O[C@@H]2[C@H]1CC[C@H](C)[C@]1(CCC(=O)O1)[C@@]2(C)O. The van der Waals surface area contributed by atoms with E-state index < -0.39 is 17.3 Å². The molecule has 2 heterocycles. The molecule has 3 fully saturated rings. The van der Waals surface area contributed by atoms with E-state index >= 15 is 0 Å². The highest BCUT2D eigenvalue weighted by Crippen LogP contribution is 2.53. The fraction of sp³-hybridized carbons (Fsp3) is 0.867. The minimum absolute atomic E-state index is 0.00127. The van der Waals surface area contributed by atoms with Crippen molar-refractivity contribution < 1.29 is 24.2 Å². The highest BCUT2D eigenvalue weighted by Gasteiger charge is 2.66. The van der Waals surface area contributed by atoms with Gasteiger partial charge in [0.2, 0.25) is 0 Å². The van der Waals surface area contributed by atoms with Crippen LogP contribution in [0.25, 0.3) is 0 Å². The van der Waals surface area contributed by atoms with Gasteiger partial charge < -0.3 is 14.6 Å². The zero-order valence-corrected chi connectivity index (χ0v) is 12.2. The normalized spacial score (nSPS) is 51.6. The van der Waals surface area contributed by atoms with Crippen LogP contribution in [0.4, 0.5) is 0 Å². The Morgan fingerprint density at radius 1 is 1.25 bits per heavy atom. The lowest BCUT2D eigenvalue weighted by atomic mass is 9.70. The quantitative estimate of drug-likeness (QED) is 0.680. The van der Waals surface area contributed by atoms with Crippen LogP contribution in [0, 0.1) is 17.8 Å². The monoisotopic (exact) mass is 282 g/mol. The standard InChI is InChI=1S/C15H22O5/c1-8-4-5-10-9(2)13(17)19-12(10)14(3,18)15(8)7-6-11(16)20-15/h8-10,12,18H,4-7H2,1-3H3/t8-,9+,10-,12+,14-,15+/m0/s1. The molecule has 2 aliphatic heterocycles. The molecule has 0 bridgehead atoms. The minimum Gasteiger partial charge on any atom is -0.459 e. The van der Waals surface area contributed by atoms with E-state index in [1.54, 1.807) is 6.92 Å². The number of carbonyl (C=O) groups is 2. The van der Waals surface area contributed by atoms with Crippen LogP contribution >= 0.6 is 0 Å². The van der Waals surface area contributed by atoms with Crippen LogP contribution in [0.2, 0.25) is 0 Å². The van der Waals surface area contributed by atoms with Crippen molar-refractivity contribution in [1.82, 2.24) is 0 Å². The number of fused-ring (bicyclic) bond motifs is 1. The molecule has 3 rings (SSSR count). The van der Waals surface area contributed by atoms with E-state index in [0.717, 1.165) is 12.8 Å². The van der Waals surface area contributed by atoms with E-state index in [1.165, 1.54) is 0 Å². The van der Waals surface area contributed by atoms with E-state index in [4.69, 9.17) is 9.47 Å². The summed E-state index contributed by atoms with van der Waals surface area (Å²) in [5.41, 5.74) is -2.26. The third kappa shape index (κ3) is 1.59. The molecule has 5 nitrogen and oxygen atoms in total. The first-order valence-corrected chi connectivity index (χ1v) is 7.44. The topological polar surface area (TPSA) is 72.8 Å². The Morgan fingerprint density at radius 3 is 2.55 bits per heavy atom. The number of esters is 2. The summed E-state index contributed by atoms with van der Waals surface area (Å²) < 4.78 is 11.1. The molecule has 3 aliphatic rings. The van der Waals surface area contributed by atoms with Crippen LogP contribution in [-0.2, 0) is 19.1 Å². The molecule has 1 aliphatic carbocycles. The van der Waals surface area contributed by atoms with Gasteiger partial charge in [-0.15, -0.1) is 0 Å². The molecule has 1 spiro atoms. The highest BCUT2D eigenvalue weighted by molar-refractivity contribution is 5.76. The van der Waals surface area contributed by atoms with Gasteiger partial charge in [0.25, 0.3) is 0 Å². The maximum atomic E-state index is 11.8. The molecule has 5 heteroatoms. The molecular weight excluding hydrogens is 260 g/mol. The van der Waals surface area contributed by atoms with Gasteiger partial charge in [-0.2, -0.15) is 0 Å². The number of ether oxygens (including phenoxy) is 2. The average molecular weight is 282 g/mol. The second-order valence-electron chi connectivity index (χ2n) is 6.80. The number of hydrogen-bond donors (Lipinski definition) is 1. The first-order valence-electron chi connectivity index (χ1n) is 7.44. The lowest BCUT2D eigenvalue weighted by molar-refractivity contribution is -0.219. The first kappa shape index (κ1) is 13.9. The summed E-state index contributed by atoms with van der Waals surface area (Å²) in [6, 6.07) is 0. The molecule has 0 aromatic rings. The predicted molar refractivity (Wildman–Crippen MR) is 69.6 cm³/mol. The second-order valence-corrected chi connectivity index (χ2v) is 6.80. The summed E-state index contributed by atoms with van der Waals surface area (Å²) in [4.78, 5) is 23.5. The van der Waals surface area contributed by atoms with E-state index in [9.17, 15) is 14.7 Å². The predicted octanol–water partition coefficient (Wildman–Crippen LogP) is 1.42. The number of carbonyl (C=O) groups excluding carboxylic acids is 2. The zero-order valence-electron chi connectivity index (χ0n) is 12.2. The molecule has 20 heavy (non-hydrogen) atoms. The molecule has 112 valence electrons. The van der Waals surface area contributed by atoms with Crippen LogP contribution in [0.1, 0.15) is 46.5 Å². The molecule has 1 saturated carbocycles. The van der Waals surface area contributed by atoms with Gasteiger partial charge >= 0.3 is 11.9 Å². The Balaban J connectivity index is 2.04. The van der Waals surface area contributed by atoms with E-state index in [2.05, 4.69) is 0 Å². The maximum absolute atomic E-state index is 11.8. The Kier molecular flexibility index (Phi) is 2.91. The van der Waals surface area contributed by atoms with Gasteiger partial charge in [-0.3, -0.25) is 9.59 Å². The van der Waals surface area contributed by atoms with Gasteiger partial charge in [0.1, 0.15) is 17.3 Å². The molecule has 0 aromatic carbocycles. The summed E-state index contributed by atoms with van der Waals surface area (Å²) in [6.45, 7) is 5.53. The van der Waals surface area contributed by atoms with Gasteiger partial charge in [0.05, 0.1) is 5.92 Å². The van der Waals surface area contributed by atoms with Crippen LogP contribution in [-0.4, -0.2) is 34.4 Å². The molecule has 0 unspecified atom stereocenters. The molecule has 0 aromatic heterocycles. The largest absolute Gasteiger partial charge is 0.459 e. The fourth-order valence-electron chi connectivity index (χ4n) is 4.40. The van der Waals surface area contributed by atoms with Crippen molar-refractivity contribution in [3.63, 3.8) is 0 Å². The fourth-order valence-corrected chi connectivity index (χ4v) is 4.40. The van der Waals surface area contributed by atoms with Crippen molar-refractivity contribution in [3.05, 3.63) is 0 Å². The summed E-state index contributed by atoms with van der Waals surface area (Å²) in [5, 5.41) is 11.1. The second kappa shape index (κ2) is 4.20. The number of hydrogen-bond acceptors (Lipinski definition) is 5. The lowest BCUT2D eigenvalue weighted by Gasteiger charge is -2.46. The Labute approximate surface area is 118 Å². The molecule has 0 amide bonds. The summed E-state index contributed by atoms with van der Waals surface area (Å²) in [6.07, 6.45) is 1.87. The van der Waals surface area contributed by atoms with Gasteiger partial charge in [0, 0.05) is 18.8 Å². The van der Waals surface area contributed by atoms with E-state index in [-0.39, 0.29) is 29.7 Å². The third-order valence-electron chi connectivity index (χ3n) is 5.78. The van der Waals surface area contributed by atoms with Gasteiger partial charge in [-0.25, -0.2) is 0 Å². The average Bonchev–Trinajstić information content (AvgIpc) is 2.89. The highest BCUT2D eigenvalue weighted by atomic mass is 16.6. The Bertz CT molecular complexity index is 457. The van der Waals surface area contributed by atoms with Crippen molar-refractivity contribution in [3.8, 4) is 0 Å². The number of aliphatic hydroxyl groups is 1. The van der Waals surface area contributed by atoms with Crippen LogP contribution in [0.3, 0.4) is 0 Å². The van der Waals surface area contributed by atoms with Gasteiger partial charge in [-0.05, 0) is 25.7 Å². The van der Waals surface area contributed by atoms with Gasteiger partial charge in [0.15, 0.2) is 0 Å².